The Morgan fingerprint density at radius 2 is 1.48 bits per heavy atom. The summed E-state index contributed by atoms with van der Waals surface area (Å²) in [6, 6.07) is 14.8. The fourth-order valence-electron chi connectivity index (χ4n) is 5.18. The van der Waals surface area contributed by atoms with Crippen molar-refractivity contribution in [3.05, 3.63) is 53.6 Å². The van der Waals surface area contributed by atoms with Crippen LogP contribution in [-0.2, 0) is 11.2 Å². The van der Waals surface area contributed by atoms with Crippen molar-refractivity contribution in [1.29, 1.82) is 0 Å². The van der Waals surface area contributed by atoms with E-state index in [1.54, 1.807) is 0 Å². The molecule has 0 heterocycles. The molecule has 0 aromatic heterocycles. The normalized spacial score (nSPS) is 18.3. The molecule has 0 amide bonds. The molecule has 2 aromatic carbocycles. The van der Waals surface area contributed by atoms with Gasteiger partial charge < -0.3 is 4.74 Å². The molecule has 180 valence electrons. The quantitative estimate of drug-likeness (QED) is 0.184. The molecule has 1 saturated carbocycles. The first-order valence-electron chi connectivity index (χ1n) is 13.5. The van der Waals surface area contributed by atoms with Crippen LogP contribution in [0.2, 0.25) is 0 Å². The van der Waals surface area contributed by atoms with Gasteiger partial charge in [0.2, 0.25) is 0 Å². The van der Waals surface area contributed by atoms with E-state index in [2.05, 4.69) is 51.1 Å². The molecule has 3 rings (SSSR count). The first-order chi connectivity index (χ1) is 16.1. The second kappa shape index (κ2) is 13.6. The number of carbonyl (C=O) groups excluding carboxylic acids is 1. The van der Waals surface area contributed by atoms with Crippen LogP contribution in [-0.4, -0.2) is 5.97 Å². The van der Waals surface area contributed by atoms with Crippen molar-refractivity contribution >= 4 is 5.97 Å². The van der Waals surface area contributed by atoms with Crippen LogP contribution in [0.15, 0.2) is 42.5 Å². The number of hydrogen-bond donors (Lipinski definition) is 0. The topological polar surface area (TPSA) is 26.3 Å². The molecule has 0 bridgehead atoms. The summed E-state index contributed by atoms with van der Waals surface area (Å²) in [5.74, 6) is 1.50. The number of ether oxygens (including phenoxy) is 1. The van der Waals surface area contributed by atoms with Crippen LogP contribution in [0.25, 0.3) is 11.1 Å². The molecule has 33 heavy (non-hydrogen) atoms. The van der Waals surface area contributed by atoms with E-state index in [0.717, 1.165) is 25.2 Å². The van der Waals surface area contributed by atoms with E-state index in [-0.39, 0.29) is 11.9 Å². The number of hydrogen-bond acceptors (Lipinski definition) is 2. The average Bonchev–Trinajstić information content (AvgIpc) is 2.84. The van der Waals surface area contributed by atoms with Gasteiger partial charge in [0.05, 0.1) is 5.92 Å². The third-order valence-electron chi connectivity index (χ3n) is 7.44. The van der Waals surface area contributed by atoms with Crippen molar-refractivity contribution < 1.29 is 9.53 Å². The Labute approximate surface area is 202 Å². The van der Waals surface area contributed by atoms with Crippen molar-refractivity contribution in [2.45, 2.75) is 104 Å². The molecule has 0 unspecified atom stereocenters. The Morgan fingerprint density at radius 1 is 0.818 bits per heavy atom. The molecular weight excluding hydrogens is 404 g/mol. The van der Waals surface area contributed by atoms with Gasteiger partial charge in [0.15, 0.2) is 0 Å². The van der Waals surface area contributed by atoms with Crippen LogP contribution >= 0.6 is 0 Å². The minimum atomic E-state index is -0.0422. The van der Waals surface area contributed by atoms with Crippen LogP contribution in [0.5, 0.6) is 5.75 Å². The zero-order valence-corrected chi connectivity index (χ0v) is 21.2. The molecule has 0 aliphatic heterocycles. The van der Waals surface area contributed by atoms with E-state index >= 15 is 0 Å². The number of unbranched alkanes of at least 4 members (excludes halogenated alkanes) is 5. The van der Waals surface area contributed by atoms with Gasteiger partial charge >= 0.3 is 5.97 Å². The van der Waals surface area contributed by atoms with E-state index in [4.69, 9.17) is 4.74 Å². The zero-order chi connectivity index (χ0) is 23.5. The predicted molar refractivity (Wildman–Crippen MR) is 140 cm³/mol. The van der Waals surface area contributed by atoms with E-state index in [1.165, 1.54) is 86.5 Å². The van der Waals surface area contributed by atoms with Gasteiger partial charge in [-0.15, -0.1) is 0 Å². The average molecular weight is 449 g/mol. The van der Waals surface area contributed by atoms with Gasteiger partial charge in [-0.2, -0.15) is 0 Å². The summed E-state index contributed by atoms with van der Waals surface area (Å²) in [5.41, 5.74) is 5.21. The van der Waals surface area contributed by atoms with Gasteiger partial charge in [-0.05, 0) is 85.8 Å². The lowest BCUT2D eigenvalue weighted by Crippen LogP contribution is -2.25. The van der Waals surface area contributed by atoms with Gasteiger partial charge in [-0.1, -0.05) is 89.1 Å². The molecule has 0 saturated heterocycles. The summed E-state index contributed by atoms with van der Waals surface area (Å²) in [4.78, 5) is 12.7. The second-order valence-electron chi connectivity index (χ2n) is 10.1. The summed E-state index contributed by atoms with van der Waals surface area (Å²) in [5, 5.41) is 0. The van der Waals surface area contributed by atoms with Crippen molar-refractivity contribution in [3.8, 4) is 16.9 Å². The number of carbonyl (C=O) groups is 1. The number of rotatable bonds is 12. The SMILES string of the molecule is CCCCCCC1CCC(C(=O)Oc2ccc(-c3ccc(CCCCC)c(C)c3)cc2)CC1. The van der Waals surface area contributed by atoms with Crippen molar-refractivity contribution in [3.63, 3.8) is 0 Å². The lowest BCUT2D eigenvalue weighted by atomic mass is 9.80. The van der Waals surface area contributed by atoms with Gasteiger partial charge in [0.25, 0.3) is 0 Å². The third kappa shape index (κ3) is 8.02. The molecule has 0 N–H and O–H groups in total. The highest BCUT2D eigenvalue weighted by Gasteiger charge is 2.27. The van der Waals surface area contributed by atoms with Crippen LogP contribution in [0, 0.1) is 18.8 Å². The van der Waals surface area contributed by atoms with Gasteiger partial charge in [0.1, 0.15) is 5.75 Å². The van der Waals surface area contributed by atoms with E-state index < -0.39 is 0 Å². The highest BCUT2D eigenvalue weighted by atomic mass is 16.5. The molecule has 1 aliphatic carbocycles. The minimum Gasteiger partial charge on any atom is -0.426 e. The zero-order valence-electron chi connectivity index (χ0n) is 21.2. The Morgan fingerprint density at radius 3 is 2.15 bits per heavy atom. The fourth-order valence-corrected chi connectivity index (χ4v) is 5.18. The lowest BCUT2D eigenvalue weighted by molar-refractivity contribution is -0.140. The standard InChI is InChI=1S/C31H44O2/c1-4-6-8-10-11-25-13-15-28(16-14-25)31(32)33-30-21-19-27(20-22-30)29-18-17-26(24(3)23-29)12-9-7-5-2/h17-23,25,28H,4-16H2,1-3H3. The second-order valence-corrected chi connectivity index (χ2v) is 10.1. The maximum atomic E-state index is 12.7. The van der Waals surface area contributed by atoms with Gasteiger partial charge in [-0.25, -0.2) is 0 Å². The molecule has 2 heteroatoms. The first kappa shape index (κ1) is 25.5. The van der Waals surface area contributed by atoms with Crippen molar-refractivity contribution in [2.24, 2.45) is 11.8 Å². The number of aryl methyl sites for hydroxylation is 2. The van der Waals surface area contributed by atoms with Crippen LogP contribution in [0.1, 0.15) is 102 Å². The summed E-state index contributed by atoms with van der Waals surface area (Å²) >= 11 is 0. The summed E-state index contributed by atoms with van der Waals surface area (Å²) < 4.78 is 5.75. The molecule has 1 aliphatic rings. The summed E-state index contributed by atoms with van der Waals surface area (Å²) in [6.07, 6.45) is 16.0. The minimum absolute atomic E-state index is 0.0422. The molecule has 0 spiro atoms. The van der Waals surface area contributed by atoms with Crippen LogP contribution in [0.4, 0.5) is 0 Å². The number of esters is 1. The van der Waals surface area contributed by atoms with Crippen LogP contribution < -0.4 is 4.74 Å². The maximum absolute atomic E-state index is 12.7. The van der Waals surface area contributed by atoms with E-state index in [9.17, 15) is 4.79 Å². The van der Waals surface area contributed by atoms with E-state index in [1.807, 2.05) is 12.1 Å². The monoisotopic (exact) mass is 448 g/mol. The lowest BCUT2D eigenvalue weighted by Gasteiger charge is -2.27. The molecule has 0 radical (unpaired) electrons. The third-order valence-corrected chi connectivity index (χ3v) is 7.44. The van der Waals surface area contributed by atoms with Crippen molar-refractivity contribution in [1.82, 2.24) is 0 Å². The summed E-state index contributed by atoms with van der Waals surface area (Å²) in [7, 11) is 0. The molecule has 2 aromatic rings. The molecule has 0 atom stereocenters. The smallest absolute Gasteiger partial charge is 0.314 e. The molecule has 1 fully saturated rings. The molecule has 2 nitrogen and oxygen atoms in total. The van der Waals surface area contributed by atoms with Crippen molar-refractivity contribution in [2.75, 3.05) is 0 Å². The summed E-state index contributed by atoms with van der Waals surface area (Å²) in [6.45, 7) is 6.72. The molecular formula is C31H44O2. The van der Waals surface area contributed by atoms with Crippen LogP contribution in [0.3, 0.4) is 0 Å². The van der Waals surface area contributed by atoms with Gasteiger partial charge in [0, 0.05) is 0 Å². The highest BCUT2D eigenvalue weighted by Crippen LogP contribution is 2.33. The Balaban J connectivity index is 1.47. The maximum Gasteiger partial charge on any atom is 0.314 e. The Kier molecular flexibility index (Phi) is 10.5. The van der Waals surface area contributed by atoms with E-state index in [0.29, 0.717) is 5.75 Å². The van der Waals surface area contributed by atoms with Gasteiger partial charge in [-0.3, -0.25) is 4.79 Å². The first-order valence-corrected chi connectivity index (χ1v) is 13.5. The highest BCUT2D eigenvalue weighted by molar-refractivity contribution is 5.75. The number of benzene rings is 2. The Hall–Kier alpha value is -2.09. The predicted octanol–water partition coefficient (Wildman–Crippen LogP) is 9.08. The fraction of sp³-hybridized carbons (Fsp3) is 0.581. The largest absolute Gasteiger partial charge is 0.426 e. The Bertz CT molecular complexity index is 844.